The molecule has 66 heavy (non-hydrogen) atoms. The van der Waals surface area contributed by atoms with Crippen LogP contribution in [-0.4, -0.2) is 117 Å². The van der Waals surface area contributed by atoms with Crippen molar-refractivity contribution in [1.29, 1.82) is 0 Å². The smallest absolute Gasteiger partial charge is 0.339 e. The molecular formula is C51H72N4O11. The Morgan fingerprint density at radius 1 is 0.742 bits per heavy atom. The van der Waals surface area contributed by atoms with Gasteiger partial charge in [-0.1, -0.05) is 104 Å². The normalized spacial score (nSPS) is 13.3. The fourth-order valence-electron chi connectivity index (χ4n) is 6.50. The number of ketones is 1. The predicted molar refractivity (Wildman–Crippen MR) is 255 cm³/mol. The van der Waals surface area contributed by atoms with E-state index in [4.69, 9.17) is 24.7 Å². The van der Waals surface area contributed by atoms with E-state index in [2.05, 4.69) is 63.6 Å². The third kappa shape index (κ3) is 20.0. The van der Waals surface area contributed by atoms with Crippen molar-refractivity contribution in [2.24, 2.45) is 11.7 Å². The van der Waals surface area contributed by atoms with Gasteiger partial charge in [-0.2, -0.15) is 0 Å². The molecule has 0 aliphatic heterocycles. The van der Waals surface area contributed by atoms with E-state index in [9.17, 15) is 34.2 Å². The van der Waals surface area contributed by atoms with Crippen molar-refractivity contribution >= 4 is 35.6 Å². The van der Waals surface area contributed by atoms with E-state index in [-0.39, 0.29) is 105 Å². The van der Waals surface area contributed by atoms with E-state index >= 15 is 0 Å². The number of carboxylic acid groups (broad SMARTS) is 1. The van der Waals surface area contributed by atoms with Crippen LogP contribution in [0.15, 0.2) is 72.8 Å². The van der Waals surface area contributed by atoms with E-state index in [0.29, 0.717) is 30.4 Å². The molecule has 3 atom stereocenters. The lowest BCUT2D eigenvalue weighted by molar-refractivity contribution is -0.135. The van der Waals surface area contributed by atoms with Gasteiger partial charge in [-0.3, -0.25) is 19.2 Å². The second kappa shape index (κ2) is 27.3. The lowest BCUT2D eigenvalue weighted by atomic mass is 9.79. The molecule has 0 aromatic heterocycles. The molecule has 0 saturated heterocycles. The minimum absolute atomic E-state index is 0.0185. The largest absolute Gasteiger partial charge is 0.493 e. The number of carboxylic acids is 1. The van der Waals surface area contributed by atoms with Crippen LogP contribution in [0, 0.1) is 5.92 Å². The van der Waals surface area contributed by atoms with Crippen LogP contribution < -0.4 is 26.4 Å². The number of aliphatic hydroxyl groups excluding tert-OH is 1. The van der Waals surface area contributed by atoms with Crippen LogP contribution >= 0.6 is 0 Å². The molecule has 3 rings (SSSR count). The van der Waals surface area contributed by atoms with Crippen molar-refractivity contribution in [1.82, 2.24) is 16.0 Å². The molecule has 0 heterocycles. The third-order valence-corrected chi connectivity index (χ3v) is 10.4. The molecule has 15 nitrogen and oxygen atoms in total. The number of benzene rings is 3. The standard InChI is InChI=1S/C51H72N4O11/c1-34(2)27-42(55-48(60)46(58)41(52)28-35-13-10-9-11-14-35)47(59)54-20-22-63-23-24-64-25-26-65-33-45(57)53-19-12-21-66-44-29-36(15-17-40(44)49(61)62)16-18-43(56)37-30-38(50(3,4)5)32-39(31-37)51(6,7)8/h9-11,13-18,29-32,34,41-42,46,58H,12,19-28,33,52H2,1-8H3,(H,53,57)(H,54,59)(H,55,60)(H,61,62)/b18-16+/t41-,42+,46+/m1/s1. The highest BCUT2D eigenvalue weighted by molar-refractivity contribution is 6.07. The molecule has 3 aromatic rings. The molecule has 0 aliphatic rings. The number of nitrogens with two attached hydrogens (primary N) is 1. The Bertz CT molecular complexity index is 2030. The first-order valence-corrected chi connectivity index (χ1v) is 22.6. The van der Waals surface area contributed by atoms with Gasteiger partial charge in [0.2, 0.25) is 11.8 Å². The number of carbonyl (C=O) groups is 5. The Balaban J connectivity index is 1.29. The van der Waals surface area contributed by atoms with Gasteiger partial charge in [-0.05, 0) is 88.6 Å². The summed E-state index contributed by atoms with van der Waals surface area (Å²) < 4.78 is 22.2. The number of carbonyl (C=O) groups excluding carboxylic acids is 4. The van der Waals surface area contributed by atoms with E-state index in [0.717, 1.165) is 16.7 Å². The van der Waals surface area contributed by atoms with Crippen molar-refractivity contribution < 1.29 is 53.1 Å². The number of hydrogen-bond donors (Lipinski definition) is 6. The topological polar surface area (TPSA) is 225 Å². The van der Waals surface area contributed by atoms with Crippen molar-refractivity contribution in [2.75, 3.05) is 59.3 Å². The molecule has 3 aromatic carbocycles. The van der Waals surface area contributed by atoms with Gasteiger partial charge in [0.25, 0.3) is 5.91 Å². The van der Waals surface area contributed by atoms with Gasteiger partial charge >= 0.3 is 5.97 Å². The summed E-state index contributed by atoms with van der Waals surface area (Å²) in [6.45, 7) is 18.1. The Kier molecular flexibility index (Phi) is 22.7. The van der Waals surface area contributed by atoms with E-state index in [1.54, 1.807) is 18.2 Å². The number of aromatic carboxylic acids is 1. The fourth-order valence-corrected chi connectivity index (χ4v) is 6.50. The zero-order valence-corrected chi connectivity index (χ0v) is 39.9. The average molecular weight is 917 g/mol. The van der Waals surface area contributed by atoms with Crippen LogP contribution in [-0.2, 0) is 45.8 Å². The third-order valence-electron chi connectivity index (χ3n) is 10.4. The zero-order chi connectivity index (χ0) is 48.9. The Hall–Kier alpha value is -5.45. The molecule has 0 radical (unpaired) electrons. The summed E-state index contributed by atoms with van der Waals surface area (Å²) in [6, 6.07) is 18.2. The first kappa shape index (κ1) is 54.9. The van der Waals surface area contributed by atoms with E-state index in [1.165, 1.54) is 12.1 Å². The molecule has 0 aliphatic carbocycles. The molecule has 15 heteroatoms. The Labute approximate surface area is 390 Å². The highest BCUT2D eigenvalue weighted by atomic mass is 16.5. The van der Waals surface area contributed by atoms with Crippen molar-refractivity contribution in [3.8, 4) is 5.75 Å². The van der Waals surface area contributed by atoms with Crippen molar-refractivity contribution in [2.45, 2.75) is 104 Å². The second-order valence-corrected chi connectivity index (χ2v) is 18.7. The molecule has 0 fully saturated rings. The number of amides is 3. The van der Waals surface area contributed by atoms with Crippen LogP contribution in [0.1, 0.15) is 111 Å². The van der Waals surface area contributed by atoms with Gasteiger partial charge in [-0.25, -0.2) is 4.79 Å². The van der Waals surface area contributed by atoms with Gasteiger partial charge in [0.1, 0.15) is 30.1 Å². The second-order valence-electron chi connectivity index (χ2n) is 18.7. The van der Waals surface area contributed by atoms with Crippen LogP contribution in [0.3, 0.4) is 0 Å². The molecule has 0 unspecified atom stereocenters. The maximum Gasteiger partial charge on any atom is 0.339 e. The first-order chi connectivity index (χ1) is 31.1. The zero-order valence-electron chi connectivity index (χ0n) is 39.9. The lowest BCUT2D eigenvalue weighted by Crippen LogP contribution is -2.54. The SMILES string of the molecule is CC(C)C[C@H](NC(=O)[C@@H](O)[C@H](N)Cc1ccccc1)C(=O)NCCOCCOCCOCC(=O)NCCCOc1cc(/C=C/C(=O)c2cc(C(C)(C)C)cc(C(C)(C)C)c2)ccc1C(=O)O. The maximum absolute atomic E-state index is 13.3. The van der Waals surface area contributed by atoms with Crippen molar-refractivity contribution in [3.05, 3.63) is 106 Å². The van der Waals surface area contributed by atoms with Gasteiger partial charge in [0, 0.05) is 24.7 Å². The highest BCUT2D eigenvalue weighted by Gasteiger charge is 2.29. The molecule has 0 spiro atoms. The molecule has 0 saturated carbocycles. The van der Waals surface area contributed by atoms with Gasteiger partial charge in [-0.15, -0.1) is 0 Å². The van der Waals surface area contributed by atoms with E-state index in [1.807, 2.05) is 56.3 Å². The van der Waals surface area contributed by atoms with Gasteiger partial charge < -0.3 is 50.8 Å². The lowest BCUT2D eigenvalue weighted by Gasteiger charge is -2.25. The Morgan fingerprint density at radius 2 is 1.36 bits per heavy atom. The maximum atomic E-state index is 13.3. The molecule has 7 N–H and O–H groups in total. The quantitative estimate of drug-likeness (QED) is 0.0307. The fraction of sp³-hybridized carbons (Fsp3) is 0.510. The summed E-state index contributed by atoms with van der Waals surface area (Å²) in [4.78, 5) is 63.1. The number of nitrogens with one attached hydrogen (secondary N) is 3. The highest BCUT2D eigenvalue weighted by Crippen LogP contribution is 2.31. The summed E-state index contributed by atoms with van der Waals surface area (Å²) in [6.07, 6.45) is 2.72. The van der Waals surface area contributed by atoms with Crippen LogP contribution in [0.2, 0.25) is 0 Å². The minimum atomic E-state index is -1.48. The molecular weight excluding hydrogens is 845 g/mol. The summed E-state index contributed by atoms with van der Waals surface area (Å²) in [5, 5.41) is 28.4. The molecule has 362 valence electrons. The van der Waals surface area contributed by atoms with Crippen molar-refractivity contribution in [3.63, 3.8) is 0 Å². The monoisotopic (exact) mass is 917 g/mol. The predicted octanol–water partition coefficient (Wildman–Crippen LogP) is 5.39. The van der Waals surface area contributed by atoms with Gasteiger partial charge in [0.05, 0.1) is 39.6 Å². The summed E-state index contributed by atoms with van der Waals surface area (Å²) in [5.41, 5.74) is 9.99. The van der Waals surface area contributed by atoms with E-state index < -0.39 is 30.1 Å². The number of rotatable bonds is 28. The summed E-state index contributed by atoms with van der Waals surface area (Å²) in [7, 11) is 0. The number of hydrogen-bond acceptors (Lipinski definition) is 11. The summed E-state index contributed by atoms with van der Waals surface area (Å²) in [5.74, 6) is -2.48. The number of aliphatic hydroxyl groups is 1. The molecule has 3 amide bonds. The van der Waals surface area contributed by atoms with Crippen LogP contribution in [0.5, 0.6) is 5.75 Å². The summed E-state index contributed by atoms with van der Waals surface area (Å²) >= 11 is 0. The average Bonchev–Trinajstić information content (AvgIpc) is 3.25. The number of ether oxygens (including phenoxy) is 4. The van der Waals surface area contributed by atoms with Gasteiger partial charge in [0.15, 0.2) is 5.78 Å². The van der Waals surface area contributed by atoms with Crippen LogP contribution in [0.4, 0.5) is 0 Å². The number of allylic oxidation sites excluding steroid dienone is 1. The van der Waals surface area contributed by atoms with Crippen LogP contribution in [0.25, 0.3) is 6.08 Å². The first-order valence-electron chi connectivity index (χ1n) is 22.6. The Morgan fingerprint density at radius 3 is 1.97 bits per heavy atom. The molecule has 0 bridgehead atoms. The minimum Gasteiger partial charge on any atom is -0.493 e.